The number of rotatable bonds is 2. The highest BCUT2D eigenvalue weighted by Gasteiger charge is 2.29. The van der Waals surface area contributed by atoms with Crippen molar-refractivity contribution in [1.29, 1.82) is 0 Å². The lowest BCUT2D eigenvalue weighted by Gasteiger charge is -2.28. The lowest BCUT2D eigenvalue weighted by molar-refractivity contribution is 0.354. The Morgan fingerprint density at radius 1 is 1.17 bits per heavy atom. The van der Waals surface area contributed by atoms with E-state index in [9.17, 15) is 17.2 Å². The minimum Gasteiger partial charge on any atom is -0.207 e. The average Bonchev–Trinajstić information content (AvgIpc) is 2.33. The Balaban J connectivity index is 2.27. The summed E-state index contributed by atoms with van der Waals surface area (Å²) in [6.45, 7) is 0.772. The standard InChI is InChI=1S/C11H12BrF2NO2S/c12-8-3-5-15(6-4-8)18(16,17)9-1-2-10(13)11(14)7-9/h1-2,7-8H,3-6H2. The summed E-state index contributed by atoms with van der Waals surface area (Å²) < 4.78 is 51.5. The van der Waals surface area contributed by atoms with E-state index < -0.39 is 21.7 Å². The Kier molecular flexibility index (Phi) is 4.03. The number of benzene rings is 1. The van der Waals surface area contributed by atoms with E-state index in [-0.39, 0.29) is 4.90 Å². The van der Waals surface area contributed by atoms with Crippen LogP contribution in [0, 0.1) is 11.6 Å². The molecule has 1 fully saturated rings. The molecular weight excluding hydrogens is 328 g/mol. The highest BCUT2D eigenvalue weighted by Crippen LogP contribution is 2.24. The maximum Gasteiger partial charge on any atom is 0.243 e. The van der Waals surface area contributed by atoms with Gasteiger partial charge in [0.1, 0.15) is 0 Å². The SMILES string of the molecule is O=S(=O)(c1ccc(F)c(F)c1)N1CCC(Br)CC1. The van der Waals surface area contributed by atoms with E-state index in [0.717, 1.165) is 18.2 Å². The fourth-order valence-electron chi connectivity index (χ4n) is 1.85. The van der Waals surface area contributed by atoms with Gasteiger partial charge in [-0.3, -0.25) is 0 Å². The van der Waals surface area contributed by atoms with Crippen LogP contribution < -0.4 is 0 Å². The first-order chi connectivity index (χ1) is 8.41. The third-order valence-corrected chi connectivity index (χ3v) is 5.72. The van der Waals surface area contributed by atoms with Crippen molar-refractivity contribution in [3.8, 4) is 0 Å². The lowest BCUT2D eigenvalue weighted by Crippen LogP contribution is -2.38. The highest BCUT2D eigenvalue weighted by molar-refractivity contribution is 9.09. The molecule has 2 rings (SSSR count). The molecule has 0 aliphatic carbocycles. The smallest absolute Gasteiger partial charge is 0.207 e. The molecule has 1 aromatic rings. The van der Waals surface area contributed by atoms with Crippen molar-refractivity contribution in [2.45, 2.75) is 22.6 Å². The quantitative estimate of drug-likeness (QED) is 0.776. The lowest BCUT2D eigenvalue weighted by atomic mass is 10.2. The van der Waals surface area contributed by atoms with Crippen LogP contribution in [0.4, 0.5) is 8.78 Å². The Morgan fingerprint density at radius 2 is 1.78 bits per heavy atom. The van der Waals surface area contributed by atoms with Crippen LogP contribution in [0.15, 0.2) is 23.1 Å². The number of hydrogen-bond donors (Lipinski definition) is 0. The van der Waals surface area contributed by atoms with Crippen molar-refractivity contribution >= 4 is 26.0 Å². The Morgan fingerprint density at radius 3 is 2.33 bits per heavy atom. The molecule has 0 spiro atoms. The van der Waals surface area contributed by atoms with Crippen LogP contribution in [-0.2, 0) is 10.0 Å². The Bertz CT molecular complexity index is 542. The number of sulfonamides is 1. The molecular formula is C11H12BrF2NO2S. The summed E-state index contributed by atoms with van der Waals surface area (Å²) in [6.07, 6.45) is 1.42. The van der Waals surface area contributed by atoms with Gasteiger partial charge in [-0.25, -0.2) is 17.2 Å². The normalized spacial score (nSPS) is 19.1. The van der Waals surface area contributed by atoms with Crippen molar-refractivity contribution in [3.05, 3.63) is 29.8 Å². The molecule has 1 aliphatic heterocycles. The molecule has 0 bridgehead atoms. The number of nitrogens with zero attached hydrogens (tertiary/aromatic N) is 1. The topological polar surface area (TPSA) is 37.4 Å². The zero-order chi connectivity index (χ0) is 13.3. The van der Waals surface area contributed by atoms with Crippen molar-refractivity contribution in [2.75, 3.05) is 13.1 Å². The van der Waals surface area contributed by atoms with Gasteiger partial charge in [-0.15, -0.1) is 0 Å². The van der Waals surface area contributed by atoms with Crippen LogP contribution in [-0.4, -0.2) is 30.6 Å². The second-order valence-electron chi connectivity index (χ2n) is 4.15. The van der Waals surface area contributed by atoms with Gasteiger partial charge < -0.3 is 0 Å². The van der Waals surface area contributed by atoms with Gasteiger partial charge >= 0.3 is 0 Å². The maximum absolute atomic E-state index is 13.1. The molecule has 100 valence electrons. The zero-order valence-electron chi connectivity index (χ0n) is 9.44. The summed E-state index contributed by atoms with van der Waals surface area (Å²) in [5.74, 6) is -2.19. The van der Waals surface area contributed by atoms with Crippen molar-refractivity contribution in [3.63, 3.8) is 0 Å². The van der Waals surface area contributed by atoms with Gasteiger partial charge in [-0.1, -0.05) is 15.9 Å². The van der Waals surface area contributed by atoms with E-state index in [1.54, 1.807) is 0 Å². The van der Waals surface area contributed by atoms with E-state index in [2.05, 4.69) is 15.9 Å². The highest BCUT2D eigenvalue weighted by atomic mass is 79.9. The molecule has 0 atom stereocenters. The first-order valence-electron chi connectivity index (χ1n) is 5.50. The predicted octanol–water partition coefficient (Wildman–Crippen LogP) is 2.51. The van der Waals surface area contributed by atoms with Gasteiger partial charge in [0.15, 0.2) is 11.6 Å². The molecule has 0 unspecified atom stereocenters. The van der Waals surface area contributed by atoms with E-state index >= 15 is 0 Å². The van der Waals surface area contributed by atoms with E-state index in [1.807, 2.05) is 0 Å². The van der Waals surface area contributed by atoms with Crippen LogP contribution in [0.1, 0.15) is 12.8 Å². The first-order valence-corrected chi connectivity index (χ1v) is 7.86. The van der Waals surface area contributed by atoms with Crippen molar-refractivity contribution < 1.29 is 17.2 Å². The number of halogens is 3. The number of hydrogen-bond acceptors (Lipinski definition) is 2. The third kappa shape index (κ3) is 2.73. The molecule has 7 heteroatoms. The minimum absolute atomic E-state index is 0.200. The van der Waals surface area contributed by atoms with E-state index in [0.29, 0.717) is 30.8 Å². The first kappa shape index (κ1) is 13.9. The average molecular weight is 340 g/mol. The van der Waals surface area contributed by atoms with Crippen molar-refractivity contribution in [1.82, 2.24) is 4.31 Å². The predicted molar refractivity (Wildman–Crippen MR) is 67.1 cm³/mol. The third-order valence-electron chi connectivity index (χ3n) is 2.91. The van der Waals surface area contributed by atoms with Crippen LogP contribution in [0.25, 0.3) is 0 Å². The van der Waals surface area contributed by atoms with E-state index in [1.165, 1.54) is 4.31 Å². The molecule has 1 aliphatic rings. The largest absolute Gasteiger partial charge is 0.243 e. The van der Waals surface area contributed by atoms with Crippen LogP contribution >= 0.6 is 15.9 Å². The van der Waals surface area contributed by atoms with Gasteiger partial charge in [-0.05, 0) is 31.0 Å². The fourth-order valence-corrected chi connectivity index (χ4v) is 3.74. The van der Waals surface area contributed by atoms with Crippen molar-refractivity contribution in [2.24, 2.45) is 0 Å². The zero-order valence-corrected chi connectivity index (χ0v) is 11.8. The second kappa shape index (κ2) is 5.22. The summed E-state index contributed by atoms with van der Waals surface area (Å²) in [7, 11) is -3.72. The maximum atomic E-state index is 13.1. The molecule has 0 aromatic heterocycles. The summed E-state index contributed by atoms with van der Waals surface area (Å²) >= 11 is 3.43. The Hall–Kier alpha value is -0.530. The van der Waals surface area contributed by atoms with Gasteiger partial charge in [0.25, 0.3) is 0 Å². The van der Waals surface area contributed by atoms with Gasteiger partial charge in [-0.2, -0.15) is 4.31 Å². The monoisotopic (exact) mass is 339 g/mol. The minimum atomic E-state index is -3.72. The van der Waals surface area contributed by atoms with Crippen LogP contribution in [0.5, 0.6) is 0 Å². The molecule has 0 N–H and O–H groups in total. The number of piperidine rings is 1. The fraction of sp³-hybridized carbons (Fsp3) is 0.455. The molecule has 0 amide bonds. The molecule has 0 radical (unpaired) electrons. The molecule has 18 heavy (non-hydrogen) atoms. The van der Waals surface area contributed by atoms with Crippen LogP contribution in [0.2, 0.25) is 0 Å². The van der Waals surface area contributed by atoms with Gasteiger partial charge in [0, 0.05) is 17.9 Å². The Labute approximate surface area is 113 Å². The summed E-state index contributed by atoms with van der Waals surface area (Å²) in [6, 6.07) is 2.65. The van der Waals surface area contributed by atoms with Gasteiger partial charge in [0.05, 0.1) is 4.90 Å². The summed E-state index contributed by atoms with van der Waals surface area (Å²) in [5.41, 5.74) is 0. The second-order valence-corrected chi connectivity index (χ2v) is 7.39. The molecule has 1 heterocycles. The van der Waals surface area contributed by atoms with E-state index in [4.69, 9.17) is 0 Å². The van der Waals surface area contributed by atoms with Gasteiger partial charge in [0.2, 0.25) is 10.0 Å². The van der Waals surface area contributed by atoms with Crippen LogP contribution in [0.3, 0.4) is 0 Å². The molecule has 3 nitrogen and oxygen atoms in total. The molecule has 1 saturated heterocycles. The number of alkyl halides is 1. The molecule has 1 aromatic carbocycles. The summed E-state index contributed by atoms with van der Waals surface area (Å²) in [5, 5.41) is 0. The molecule has 0 saturated carbocycles. The summed E-state index contributed by atoms with van der Waals surface area (Å²) in [4.78, 5) is 0.114.